The highest BCUT2D eigenvalue weighted by atomic mass is 16.5. The molecular weight excluding hydrogens is 272 g/mol. The van der Waals surface area contributed by atoms with E-state index in [0.29, 0.717) is 18.8 Å². The Morgan fingerprint density at radius 2 is 2.19 bits per heavy atom. The van der Waals surface area contributed by atoms with E-state index in [2.05, 4.69) is 5.43 Å². The van der Waals surface area contributed by atoms with Crippen molar-refractivity contribution < 1.29 is 19.4 Å². The van der Waals surface area contributed by atoms with Crippen LogP contribution in [0.25, 0.3) is 0 Å². The van der Waals surface area contributed by atoms with Gasteiger partial charge in [0.05, 0.1) is 13.7 Å². The third kappa shape index (κ3) is 4.61. The molecule has 0 aliphatic carbocycles. The molecule has 1 aromatic carbocycles. The van der Waals surface area contributed by atoms with Crippen LogP contribution in [0.3, 0.4) is 0 Å². The molecule has 0 saturated heterocycles. The Kier molecular flexibility index (Phi) is 6.45. The summed E-state index contributed by atoms with van der Waals surface area (Å²) in [5, 5.41) is 9.59. The fraction of sp³-hybridized carbons (Fsp3) is 0.533. The summed E-state index contributed by atoms with van der Waals surface area (Å²) >= 11 is 0. The fourth-order valence-corrected chi connectivity index (χ4v) is 1.89. The number of carbonyl (C=O) groups excluding carboxylic acids is 1. The topological polar surface area (TPSA) is 93.8 Å². The van der Waals surface area contributed by atoms with Crippen LogP contribution in [0.2, 0.25) is 0 Å². The number of carbonyl (C=O) groups is 1. The number of rotatable bonds is 8. The molecule has 0 saturated carbocycles. The molecule has 0 aliphatic rings. The summed E-state index contributed by atoms with van der Waals surface area (Å²) in [6.07, 6.45) is 2.10. The second kappa shape index (κ2) is 7.85. The van der Waals surface area contributed by atoms with Crippen molar-refractivity contribution in [2.45, 2.75) is 38.6 Å². The number of phenolic OH excluding ortho intramolecular Hbond substituents is 1. The molecule has 0 bridgehead atoms. The SMILES string of the molecule is CCCCOC(=O)[C@@](C)(Cc1ccc(O)c(OC)c1)NN. The average Bonchev–Trinajstić information content (AvgIpc) is 2.49. The number of nitrogens with two attached hydrogens (primary N) is 1. The van der Waals surface area contributed by atoms with Crippen LogP contribution >= 0.6 is 0 Å². The van der Waals surface area contributed by atoms with Crippen LogP contribution < -0.4 is 16.0 Å². The Balaban J connectivity index is 2.82. The molecule has 6 nitrogen and oxygen atoms in total. The van der Waals surface area contributed by atoms with Gasteiger partial charge in [-0.25, -0.2) is 10.2 Å². The van der Waals surface area contributed by atoms with E-state index in [-0.39, 0.29) is 5.75 Å². The molecule has 0 aromatic heterocycles. The molecule has 0 radical (unpaired) electrons. The minimum atomic E-state index is -1.03. The van der Waals surface area contributed by atoms with E-state index in [9.17, 15) is 9.90 Å². The zero-order valence-electron chi connectivity index (χ0n) is 12.8. The van der Waals surface area contributed by atoms with Crippen molar-refractivity contribution in [3.05, 3.63) is 23.8 Å². The number of unbranched alkanes of at least 4 members (excludes halogenated alkanes) is 1. The number of benzene rings is 1. The minimum absolute atomic E-state index is 0.0502. The van der Waals surface area contributed by atoms with Crippen LogP contribution in [-0.2, 0) is 16.0 Å². The van der Waals surface area contributed by atoms with Crippen LogP contribution in [0.1, 0.15) is 32.3 Å². The van der Waals surface area contributed by atoms with Crippen LogP contribution in [0.5, 0.6) is 11.5 Å². The second-order valence-electron chi connectivity index (χ2n) is 5.15. The minimum Gasteiger partial charge on any atom is -0.504 e. The molecule has 118 valence electrons. The van der Waals surface area contributed by atoms with E-state index < -0.39 is 11.5 Å². The Morgan fingerprint density at radius 3 is 2.76 bits per heavy atom. The maximum atomic E-state index is 12.2. The highest BCUT2D eigenvalue weighted by Gasteiger charge is 2.34. The van der Waals surface area contributed by atoms with Crippen LogP contribution in [0.4, 0.5) is 0 Å². The first-order valence-electron chi connectivity index (χ1n) is 6.97. The molecule has 0 heterocycles. The Labute approximate surface area is 125 Å². The van der Waals surface area contributed by atoms with Gasteiger partial charge in [0.2, 0.25) is 0 Å². The molecule has 0 spiro atoms. The van der Waals surface area contributed by atoms with E-state index in [1.54, 1.807) is 19.1 Å². The average molecular weight is 296 g/mol. The number of hydrogen-bond acceptors (Lipinski definition) is 6. The van der Waals surface area contributed by atoms with Gasteiger partial charge in [0.25, 0.3) is 0 Å². The van der Waals surface area contributed by atoms with E-state index in [4.69, 9.17) is 15.3 Å². The Bertz CT molecular complexity index is 479. The standard InChI is InChI=1S/C15H24N2O4/c1-4-5-8-21-14(19)15(2,17-16)10-11-6-7-12(18)13(9-11)20-3/h6-7,9,17-18H,4-5,8,10,16H2,1-3H3/t15-/m1/s1. The van der Waals surface area contributed by atoms with Crippen molar-refractivity contribution in [1.29, 1.82) is 0 Å². The zero-order chi connectivity index (χ0) is 15.9. The van der Waals surface area contributed by atoms with E-state index in [1.807, 2.05) is 6.92 Å². The predicted octanol–water partition coefficient (Wildman–Crippen LogP) is 1.51. The summed E-state index contributed by atoms with van der Waals surface area (Å²) in [6.45, 7) is 4.09. The van der Waals surface area contributed by atoms with Crippen molar-refractivity contribution in [3.63, 3.8) is 0 Å². The van der Waals surface area contributed by atoms with Crippen molar-refractivity contribution >= 4 is 5.97 Å². The molecule has 6 heteroatoms. The van der Waals surface area contributed by atoms with Crippen LogP contribution in [0, 0.1) is 0 Å². The molecule has 21 heavy (non-hydrogen) atoms. The predicted molar refractivity (Wildman–Crippen MR) is 80.0 cm³/mol. The van der Waals surface area contributed by atoms with Gasteiger partial charge in [-0.15, -0.1) is 0 Å². The molecule has 0 amide bonds. The number of nitrogens with one attached hydrogen (secondary N) is 1. The lowest BCUT2D eigenvalue weighted by molar-refractivity contribution is -0.151. The quantitative estimate of drug-likeness (QED) is 0.291. The van der Waals surface area contributed by atoms with Gasteiger partial charge in [-0.1, -0.05) is 19.4 Å². The van der Waals surface area contributed by atoms with Crippen LogP contribution in [-0.4, -0.2) is 30.3 Å². The molecule has 1 atom stereocenters. The molecule has 1 rings (SSSR count). The second-order valence-corrected chi connectivity index (χ2v) is 5.15. The van der Waals surface area contributed by atoms with Crippen LogP contribution in [0.15, 0.2) is 18.2 Å². The largest absolute Gasteiger partial charge is 0.504 e. The maximum Gasteiger partial charge on any atom is 0.327 e. The number of hydrazine groups is 1. The lowest BCUT2D eigenvalue weighted by Crippen LogP contribution is -2.55. The smallest absolute Gasteiger partial charge is 0.327 e. The number of phenols is 1. The van der Waals surface area contributed by atoms with Crippen molar-refractivity contribution in [1.82, 2.24) is 5.43 Å². The maximum absolute atomic E-state index is 12.2. The summed E-state index contributed by atoms with van der Waals surface area (Å²) in [7, 11) is 1.47. The number of esters is 1. The van der Waals surface area contributed by atoms with Gasteiger partial charge in [0.15, 0.2) is 11.5 Å². The monoisotopic (exact) mass is 296 g/mol. The molecule has 4 N–H and O–H groups in total. The Hall–Kier alpha value is -1.79. The van der Waals surface area contributed by atoms with Gasteiger partial charge in [-0.05, 0) is 31.0 Å². The highest BCUT2D eigenvalue weighted by molar-refractivity contribution is 5.80. The molecule has 1 aromatic rings. The van der Waals surface area contributed by atoms with Gasteiger partial charge in [0, 0.05) is 6.42 Å². The first-order chi connectivity index (χ1) is 9.96. The molecule has 0 unspecified atom stereocenters. The van der Waals surface area contributed by atoms with Gasteiger partial charge in [0.1, 0.15) is 5.54 Å². The highest BCUT2D eigenvalue weighted by Crippen LogP contribution is 2.28. The van der Waals surface area contributed by atoms with E-state index in [1.165, 1.54) is 13.2 Å². The van der Waals surface area contributed by atoms with E-state index >= 15 is 0 Å². The van der Waals surface area contributed by atoms with Crippen molar-refractivity contribution in [3.8, 4) is 11.5 Å². The zero-order valence-corrected chi connectivity index (χ0v) is 12.8. The lowest BCUT2D eigenvalue weighted by Gasteiger charge is -2.26. The third-order valence-electron chi connectivity index (χ3n) is 3.30. The number of methoxy groups -OCH3 is 1. The number of ether oxygens (including phenoxy) is 2. The van der Waals surface area contributed by atoms with E-state index in [0.717, 1.165) is 18.4 Å². The summed E-state index contributed by atoms with van der Waals surface area (Å²) in [4.78, 5) is 12.2. The van der Waals surface area contributed by atoms with Gasteiger partial charge in [-0.3, -0.25) is 5.84 Å². The first-order valence-corrected chi connectivity index (χ1v) is 6.97. The lowest BCUT2D eigenvalue weighted by atomic mass is 9.93. The van der Waals surface area contributed by atoms with Crippen molar-refractivity contribution in [2.75, 3.05) is 13.7 Å². The van der Waals surface area contributed by atoms with Gasteiger partial charge >= 0.3 is 5.97 Å². The van der Waals surface area contributed by atoms with Gasteiger partial charge < -0.3 is 14.6 Å². The molecule has 0 aliphatic heterocycles. The normalized spacial score (nSPS) is 13.5. The van der Waals surface area contributed by atoms with Crippen molar-refractivity contribution in [2.24, 2.45) is 5.84 Å². The number of aromatic hydroxyl groups is 1. The Morgan fingerprint density at radius 1 is 1.48 bits per heavy atom. The number of hydrogen-bond donors (Lipinski definition) is 3. The third-order valence-corrected chi connectivity index (χ3v) is 3.30. The molecule has 0 fully saturated rings. The molecular formula is C15H24N2O4. The first kappa shape index (κ1) is 17.3. The summed E-state index contributed by atoms with van der Waals surface area (Å²) in [5.74, 6) is 5.53. The van der Waals surface area contributed by atoms with Gasteiger partial charge in [-0.2, -0.15) is 0 Å². The summed E-state index contributed by atoms with van der Waals surface area (Å²) in [5.41, 5.74) is 2.30. The fourth-order valence-electron chi connectivity index (χ4n) is 1.89. The summed E-state index contributed by atoms with van der Waals surface area (Å²) in [6, 6.07) is 4.91. The summed E-state index contributed by atoms with van der Waals surface area (Å²) < 4.78 is 10.3.